The topological polar surface area (TPSA) is 26.8 Å². The second-order valence-corrected chi connectivity index (χ2v) is 12.9. The lowest BCUT2D eigenvalue weighted by Crippen LogP contribution is -2.41. The van der Waals surface area contributed by atoms with Crippen molar-refractivity contribution in [3.05, 3.63) is 24.0 Å². The van der Waals surface area contributed by atoms with Crippen LogP contribution in [0, 0.1) is 0 Å². The van der Waals surface area contributed by atoms with Crippen molar-refractivity contribution in [1.82, 2.24) is 14.7 Å². The zero-order valence-corrected chi connectivity index (χ0v) is 15.3. The molecule has 0 aromatic heterocycles. The quantitative estimate of drug-likeness (QED) is 0.733. The van der Waals surface area contributed by atoms with Gasteiger partial charge in [-0.25, -0.2) is 4.79 Å². The number of allylic oxidation sites excluding steroid dienone is 1. The molecule has 0 N–H and O–H groups in total. The zero-order chi connectivity index (χ0) is 15.8. The maximum Gasteiger partial charge on any atom is 0.327 e. The number of amides is 2. The summed E-state index contributed by atoms with van der Waals surface area (Å²) < 4.78 is 0. The van der Waals surface area contributed by atoms with Crippen LogP contribution in [0.15, 0.2) is 24.0 Å². The first kappa shape index (κ1) is 16.3. The Labute approximate surface area is 130 Å². The molecule has 0 bridgehead atoms. The molecule has 2 rings (SSSR count). The third-order valence-corrected chi connectivity index (χ3v) is 6.92. The van der Waals surface area contributed by atoms with E-state index in [-0.39, 0.29) is 6.03 Å². The van der Waals surface area contributed by atoms with Gasteiger partial charge in [-0.15, -0.1) is 0 Å². The second-order valence-electron chi connectivity index (χ2n) is 7.54. The first-order valence-corrected chi connectivity index (χ1v) is 11.4. The van der Waals surface area contributed by atoms with Gasteiger partial charge in [-0.05, 0) is 37.5 Å². The molecule has 2 heterocycles. The average molecular weight is 308 g/mol. The fourth-order valence-electron chi connectivity index (χ4n) is 3.34. The number of hydrogen-bond acceptors (Lipinski definition) is 2. The van der Waals surface area contributed by atoms with E-state index in [4.69, 9.17) is 0 Å². The largest absolute Gasteiger partial charge is 0.330 e. The fourth-order valence-corrected chi connectivity index (χ4v) is 5.27. The van der Waals surface area contributed by atoms with Crippen LogP contribution in [0.1, 0.15) is 12.8 Å². The van der Waals surface area contributed by atoms with Gasteiger partial charge in [0.05, 0.1) is 8.07 Å². The lowest BCUT2D eigenvalue weighted by Gasteiger charge is -2.38. The van der Waals surface area contributed by atoms with E-state index in [9.17, 15) is 4.79 Å². The highest BCUT2D eigenvalue weighted by Gasteiger charge is 2.37. The molecule has 2 aliphatic heterocycles. The van der Waals surface area contributed by atoms with Crippen LogP contribution in [0.5, 0.6) is 0 Å². The van der Waals surface area contributed by atoms with Crippen molar-refractivity contribution in [2.75, 3.05) is 27.7 Å². The predicted octanol–water partition coefficient (Wildman–Crippen LogP) is 3.18. The number of hydrogen-bond donors (Lipinski definition) is 0. The van der Waals surface area contributed by atoms with Gasteiger partial charge in [-0.1, -0.05) is 25.7 Å². The van der Waals surface area contributed by atoms with Gasteiger partial charge in [0.25, 0.3) is 0 Å². The predicted molar refractivity (Wildman–Crippen MR) is 90.9 cm³/mol. The minimum atomic E-state index is -1.34. The maximum atomic E-state index is 12.2. The van der Waals surface area contributed by atoms with Crippen LogP contribution in [0.3, 0.4) is 0 Å². The van der Waals surface area contributed by atoms with E-state index in [1.807, 2.05) is 6.20 Å². The van der Waals surface area contributed by atoms with Crippen molar-refractivity contribution in [2.45, 2.75) is 44.1 Å². The van der Waals surface area contributed by atoms with E-state index in [1.54, 1.807) is 23.9 Å². The first-order chi connectivity index (χ1) is 9.71. The van der Waals surface area contributed by atoms with Crippen molar-refractivity contribution in [3.63, 3.8) is 0 Å². The number of nitrogens with zero attached hydrogens (tertiary/aromatic N) is 3. The molecule has 0 spiro atoms. The minimum Gasteiger partial charge on any atom is -0.330 e. The Morgan fingerprint density at radius 3 is 2.48 bits per heavy atom. The van der Waals surface area contributed by atoms with Gasteiger partial charge < -0.3 is 4.90 Å². The smallest absolute Gasteiger partial charge is 0.327 e. The number of urea groups is 1. The Morgan fingerprint density at radius 2 is 2.00 bits per heavy atom. The van der Waals surface area contributed by atoms with E-state index < -0.39 is 8.07 Å². The van der Waals surface area contributed by atoms with Gasteiger partial charge in [0, 0.05) is 32.5 Å². The van der Waals surface area contributed by atoms with Crippen LogP contribution in [-0.4, -0.2) is 62.5 Å². The number of rotatable bonds is 2. The Kier molecular flexibility index (Phi) is 4.63. The molecule has 4 nitrogen and oxygen atoms in total. The molecule has 0 radical (unpaired) electrons. The maximum absolute atomic E-state index is 12.2. The number of likely N-dealkylation sites (tertiary alicyclic amines) is 1. The standard InChI is InChI=1S/C16H29N3OSi/c1-17(2)16(20)19-11-9-15(21(4,5)6)13(12-19)14-8-7-10-18(14)3/h9,11-12,14-15H,7-8,10H2,1-6H3/t14-,15?/m0/s1. The molecular formula is C16H29N3OSi. The van der Waals surface area contributed by atoms with Gasteiger partial charge in [-0.3, -0.25) is 9.80 Å². The van der Waals surface area contributed by atoms with Crippen LogP contribution < -0.4 is 0 Å². The molecule has 0 aromatic carbocycles. The summed E-state index contributed by atoms with van der Waals surface area (Å²) >= 11 is 0. The third kappa shape index (κ3) is 3.40. The number of likely N-dealkylation sites (N-methyl/N-ethyl adjacent to an activating group) is 1. The lowest BCUT2D eigenvalue weighted by atomic mass is 10.00. The number of carbonyl (C=O) groups is 1. The number of carbonyl (C=O) groups excluding carboxylic acids is 1. The summed E-state index contributed by atoms with van der Waals surface area (Å²) in [7, 11) is 4.47. The molecule has 1 saturated heterocycles. The highest BCUT2D eigenvalue weighted by Crippen LogP contribution is 2.40. The highest BCUT2D eigenvalue weighted by atomic mass is 28.3. The van der Waals surface area contributed by atoms with E-state index in [0.717, 1.165) is 6.54 Å². The van der Waals surface area contributed by atoms with Crippen LogP contribution in [0.25, 0.3) is 0 Å². The molecule has 21 heavy (non-hydrogen) atoms. The van der Waals surface area contributed by atoms with Crippen LogP contribution in [-0.2, 0) is 0 Å². The van der Waals surface area contributed by atoms with Crippen molar-refractivity contribution in [2.24, 2.45) is 0 Å². The third-order valence-electron chi connectivity index (χ3n) is 4.53. The van der Waals surface area contributed by atoms with Crippen molar-refractivity contribution in [1.29, 1.82) is 0 Å². The molecular weight excluding hydrogens is 278 g/mol. The molecule has 1 fully saturated rings. The summed E-state index contributed by atoms with van der Waals surface area (Å²) in [4.78, 5) is 18.1. The Morgan fingerprint density at radius 1 is 1.33 bits per heavy atom. The van der Waals surface area contributed by atoms with Crippen LogP contribution in [0.2, 0.25) is 25.2 Å². The molecule has 2 aliphatic rings. The summed E-state index contributed by atoms with van der Waals surface area (Å²) in [5.41, 5.74) is 1.96. The summed E-state index contributed by atoms with van der Waals surface area (Å²) in [6.45, 7) is 8.39. The molecule has 0 saturated carbocycles. The Hall–Kier alpha value is -1.07. The minimum absolute atomic E-state index is 0.0263. The van der Waals surface area contributed by atoms with E-state index >= 15 is 0 Å². The van der Waals surface area contributed by atoms with E-state index in [2.05, 4.69) is 43.9 Å². The average Bonchev–Trinajstić information content (AvgIpc) is 2.82. The zero-order valence-electron chi connectivity index (χ0n) is 14.3. The molecule has 0 aliphatic carbocycles. The lowest BCUT2D eigenvalue weighted by molar-refractivity contribution is 0.199. The van der Waals surface area contributed by atoms with Crippen molar-refractivity contribution in [3.8, 4) is 0 Å². The highest BCUT2D eigenvalue weighted by molar-refractivity contribution is 6.78. The van der Waals surface area contributed by atoms with Crippen LogP contribution in [0.4, 0.5) is 4.79 Å². The van der Waals surface area contributed by atoms with Gasteiger partial charge in [0.1, 0.15) is 0 Å². The molecule has 118 valence electrons. The summed E-state index contributed by atoms with van der Waals surface area (Å²) in [5.74, 6) is 0. The van der Waals surface area contributed by atoms with Gasteiger partial charge in [0.15, 0.2) is 0 Å². The first-order valence-electron chi connectivity index (χ1n) is 7.81. The van der Waals surface area contributed by atoms with Crippen molar-refractivity contribution < 1.29 is 4.79 Å². The monoisotopic (exact) mass is 307 g/mol. The van der Waals surface area contributed by atoms with Crippen molar-refractivity contribution >= 4 is 14.1 Å². The summed E-state index contributed by atoms with van der Waals surface area (Å²) in [6.07, 6.45) is 8.79. The Bertz CT molecular complexity index is 465. The fraction of sp³-hybridized carbons (Fsp3) is 0.688. The summed E-state index contributed by atoms with van der Waals surface area (Å²) in [5, 5.41) is 0. The molecule has 5 heteroatoms. The van der Waals surface area contributed by atoms with E-state index in [0.29, 0.717) is 11.6 Å². The SMILES string of the molecule is CN(C)C(=O)N1C=CC([Si](C)(C)C)C([C@@H]2CCCN2C)=C1. The van der Waals surface area contributed by atoms with Gasteiger partial charge >= 0.3 is 6.03 Å². The Balaban J connectivity index is 2.33. The normalized spacial score (nSPS) is 27.0. The molecule has 1 unspecified atom stereocenters. The van der Waals surface area contributed by atoms with Crippen LogP contribution >= 0.6 is 0 Å². The van der Waals surface area contributed by atoms with Gasteiger partial charge in [-0.2, -0.15) is 0 Å². The second kappa shape index (κ2) is 5.97. The van der Waals surface area contributed by atoms with E-state index in [1.165, 1.54) is 18.4 Å². The summed E-state index contributed by atoms with van der Waals surface area (Å²) in [6, 6.07) is 0.516. The molecule has 2 atom stereocenters. The van der Waals surface area contributed by atoms with Gasteiger partial charge in [0.2, 0.25) is 0 Å². The molecule has 2 amide bonds. The molecule has 0 aromatic rings.